The standard InChI is InChI=1S/C14H19FN4S/c1-2-12(16)7-8-17-14-18-13(19-20-14)9-10-3-5-11(15)6-4-10/h3-6,12H,2,7-9,16H2,1H3,(H,17,18,19). The number of nitrogens with one attached hydrogen (secondary N) is 1. The molecule has 3 N–H and O–H groups in total. The molecule has 0 spiro atoms. The lowest BCUT2D eigenvalue weighted by molar-refractivity contribution is 0.613. The monoisotopic (exact) mass is 294 g/mol. The third-order valence-electron chi connectivity index (χ3n) is 3.06. The maximum Gasteiger partial charge on any atom is 0.202 e. The van der Waals surface area contributed by atoms with Crippen LogP contribution < -0.4 is 11.1 Å². The van der Waals surface area contributed by atoms with Crippen molar-refractivity contribution in [2.75, 3.05) is 11.9 Å². The van der Waals surface area contributed by atoms with E-state index in [1.54, 1.807) is 12.1 Å². The number of rotatable bonds is 7. The molecule has 1 aromatic carbocycles. The van der Waals surface area contributed by atoms with Crippen molar-refractivity contribution in [1.82, 2.24) is 9.36 Å². The fraction of sp³-hybridized carbons (Fsp3) is 0.429. The van der Waals surface area contributed by atoms with Gasteiger partial charge in [-0.2, -0.15) is 4.37 Å². The summed E-state index contributed by atoms with van der Waals surface area (Å²) in [6, 6.07) is 6.64. The SMILES string of the molecule is CCC(N)CCNc1nc(Cc2ccc(F)cc2)ns1. The second-order valence-electron chi connectivity index (χ2n) is 4.70. The first-order chi connectivity index (χ1) is 9.67. The molecule has 0 saturated carbocycles. The molecule has 0 fully saturated rings. The maximum absolute atomic E-state index is 12.8. The number of nitrogens with two attached hydrogens (primary N) is 1. The Balaban J connectivity index is 1.84. The van der Waals surface area contributed by atoms with Crippen molar-refractivity contribution in [3.63, 3.8) is 0 Å². The quantitative estimate of drug-likeness (QED) is 0.824. The highest BCUT2D eigenvalue weighted by molar-refractivity contribution is 7.09. The Bertz CT molecular complexity index is 526. The Morgan fingerprint density at radius 1 is 1.35 bits per heavy atom. The molecular weight excluding hydrogens is 275 g/mol. The lowest BCUT2D eigenvalue weighted by Crippen LogP contribution is -2.22. The number of anilines is 1. The van der Waals surface area contributed by atoms with Crippen LogP contribution in [-0.4, -0.2) is 21.9 Å². The third-order valence-corrected chi connectivity index (χ3v) is 3.77. The second-order valence-corrected chi connectivity index (χ2v) is 5.45. The Hall–Kier alpha value is -1.53. The minimum atomic E-state index is -0.227. The van der Waals surface area contributed by atoms with Crippen LogP contribution in [0.3, 0.4) is 0 Å². The Morgan fingerprint density at radius 3 is 2.80 bits per heavy atom. The van der Waals surface area contributed by atoms with Crippen molar-refractivity contribution in [3.8, 4) is 0 Å². The zero-order valence-corrected chi connectivity index (χ0v) is 12.3. The van der Waals surface area contributed by atoms with Crippen molar-refractivity contribution in [2.45, 2.75) is 32.2 Å². The van der Waals surface area contributed by atoms with E-state index in [0.717, 1.165) is 35.9 Å². The molecule has 0 aliphatic heterocycles. The number of benzene rings is 1. The molecule has 0 aliphatic carbocycles. The lowest BCUT2D eigenvalue weighted by atomic mass is 10.1. The molecule has 2 rings (SSSR count). The van der Waals surface area contributed by atoms with Crippen LogP contribution in [0.1, 0.15) is 31.2 Å². The summed E-state index contributed by atoms with van der Waals surface area (Å²) in [5, 5.41) is 4.04. The second kappa shape index (κ2) is 7.31. The molecule has 1 unspecified atom stereocenters. The van der Waals surface area contributed by atoms with E-state index in [1.807, 2.05) is 0 Å². The zero-order chi connectivity index (χ0) is 14.4. The van der Waals surface area contributed by atoms with E-state index in [-0.39, 0.29) is 11.9 Å². The highest BCUT2D eigenvalue weighted by Crippen LogP contribution is 2.14. The smallest absolute Gasteiger partial charge is 0.202 e. The molecule has 0 bridgehead atoms. The van der Waals surface area contributed by atoms with Crippen LogP contribution in [-0.2, 0) is 6.42 Å². The molecule has 1 heterocycles. The fourth-order valence-corrected chi connectivity index (χ4v) is 2.36. The number of aromatic nitrogens is 2. The Labute approximate surface area is 122 Å². The van der Waals surface area contributed by atoms with Gasteiger partial charge in [0.25, 0.3) is 0 Å². The van der Waals surface area contributed by atoms with Crippen molar-refractivity contribution >= 4 is 16.7 Å². The first-order valence-electron chi connectivity index (χ1n) is 6.74. The predicted octanol–water partition coefficient (Wildman–Crippen LogP) is 2.81. The van der Waals surface area contributed by atoms with Gasteiger partial charge in [0, 0.05) is 30.5 Å². The van der Waals surface area contributed by atoms with E-state index in [9.17, 15) is 4.39 Å². The zero-order valence-electron chi connectivity index (χ0n) is 11.5. The van der Waals surface area contributed by atoms with Gasteiger partial charge in [0.1, 0.15) is 11.6 Å². The molecule has 2 aromatic rings. The summed E-state index contributed by atoms with van der Waals surface area (Å²) in [6.07, 6.45) is 2.52. The molecule has 0 radical (unpaired) electrons. The van der Waals surface area contributed by atoms with Gasteiger partial charge in [0.05, 0.1) is 0 Å². The van der Waals surface area contributed by atoms with Gasteiger partial charge in [-0.25, -0.2) is 9.37 Å². The molecule has 1 atom stereocenters. The summed E-state index contributed by atoms with van der Waals surface area (Å²) in [5.74, 6) is 0.526. The number of hydrogen-bond acceptors (Lipinski definition) is 5. The predicted molar refractivity (Wildman–Crippen MR) is 80.5 cm³/mol. The van der Waals surface area contributed by atoms with Gasteiger partial charge >= 0.3 is 0 Å². The molecule has 0 amide bonds. The van der Waals surface area contributed by atoms with Gasteiger partial charge in [-0.05, 0) is 30.5 Å². The Kier molecular flexibility index (Phi) is 5.43. The highest BCUT2D eigenvalue weighted by Gasteiger charge is 2.06. The minimum absolute atomic E-state index is 0.227. The number of nitrogens with zero attached hydrogens (tertiary/aromatic N) is 2. The van der Waals surface area contributed by atoms with Crippen LogP contribution >= 0.6 is 11.5 Å². The van der Waals surface area contributed by atoms with Crippen LogP contribution in [0, 0.1) is 5.82 Å². The van der Waals surface area contributed by atoms with Crippen LogP contribution in [0.4, 0.5) is 9.52 Å². The summed E-state index contributed by atoms with van der Waals surface area (Å²) in [4.78, 5) is 4.41. The average Bonchev–Trinajstić information content (AvgIpc) is 2.89. The highest BCUT2D eigenvalue weighted by atomic mass is 32.1. The normalized spacial score (nSPS) is 12.3. The summed E-state index contributed by atoms with van der Waals surface area (Å²) in [7, 11) is 0. The van der Waals surface area contributed by atoms with Crippen molar-refractivity contribution in [3.05, 3.63) is 41.5 Å². The first-order valence-corrected chi connectivity index (χ1v) is 7.51. The maximum atomic E-state index is 12.8. The molecular formula is C14H19FN4S. The fourth-order valence-electron chi connectivity index (χ4n) is 1.75. The molecule has 108 valence electrons. The summed E-state index contributed by atoms with van der Waals surface area (Å²) in [5.41, 5.74) is 6.86. The minimum Gasteiger partial charge on any atom is -0.360 e. The third kappa shape index (κ3) is 4.54. The van der Waals surface area contributed by atoms with Gasteiger partial charge < -0.3 is 11.1 Å². The van der Waals surface area contributed by atoms with E-state index in [2.05, 4.69) is 21.6 Å². The van der Waals surface area contributed by atoms with E-state index in [1.165, 1.54) is 23.7 Å². The molecule has 20 heavy (non-hydrogen) atoms. The molecule has 0 saturated heterocycles. The summed E-state index contributed by atoms with van der Waals surface area (Å²) < 4.78 is 17.1. The van der Waals surface area contributed by atoms with Gasteiger partial charge in [-0.3, -0.25) is 0 Å². The topological polar surface area (TPSA) is 63.8 Å². The van der Waals surface area contributed by atoms with Gasteiger partial charge in [-0.15, -0.1) is 0 Å². The lowest BCUT2D eigenvalue weighted by Gasteiger charge is -2.07. The van der Waals surface area contributed by atoms with E-state index in [4.69, 9.17) is 5.73 Å². The van der Waals surface area contributed by atoms with Gasteiger partial charge in [0.2, 0.25) is 5.13 Å². The molecule has 1 aromatic heterocycles. The number of halogens is 1. The van der Waals surface area contributed by atoms with Gasteiger partial charge in [-0.1, -0.05) is 19.1 Å². The molecule has 4 nitrogen and oxygen atoms in total. The van der Waals surface area contributed by atoms with Gasteiger partial charge in [0.15, 0.2) is 0 Å². The van der Waals surface area contributed by atoms with E-state index in [0.29, 0.717) is 6.42 Å². The largest absolute Gasteiger partial charge is 0.360 e. The summed E-state index contributed by atoms with van der Waals surface area (Å²) >= 11 is 1.34. The van der Waals surface area contributed by atoms with Crippen molar-refractivity contribution < 1.29 is 4.39 Å². The van der Waals surface area contributed by atoms with Crippen LogP contribution in [0.5, 0.6) is 0 Å². The van der Waals surface area contributed by atoms with Crippen LogP contribution in [0.2, 0.25) is 0 Å². The number of hydrogen-bond donors (Lipinski definition) is 2. The first kappa shape index (κ1) is 14.9. The molecule has 0 aliphatic rings. The van der Waals surface area contributed by atoms with Crippen LogP contribution in [0.25, 0.3) is 0 Å². The average molecular weight is 294 g/mol. The van der Waals surface area contributed by atoms with Crippen molar-refractivity contribution in [1.29, 1.82) is 0 Å². The van der Waals surface area contributed by atoms with E-state index < -0.39 is 0 Å². The van der Waals surface area contributed by atoms with E-state index >= 15 is 0 Å². The Morgan fingerprint density at radius 2 is 2.10 bits per heavy atom. The van der Waals surface area contributed by atoms with Crippen molar-refractivity contribution in [2.24, 2.45) is 5.73 Å². The van der Waals surface area contributed by atoms with Crippen LogP contribution in [0.15, 0.2) is 24.3 Å². The summed E-state index contributed by atoms with van der Waals surface area (Å²) in [6.45, 7) is 2.89. The molecule has 6 heteroatoms.